The van der Waals surface area contributed by atoms with Crippen molar-refractivity contribution in [1.82, 2.24) is 9.88 Å². The van der Waals surface area contributed by atoms with Crippen LogP contribution in [0.5, 0.6) is 0 Å². The van der Waals surface area contributed by atoms with Crippen molar-refractivity contribution >= 4 is 22.4 Å². The van der Waals surface area contributed by atoms with Crippen LogP contribution in [0.25, 0.3) is 16.5 Å². The number of carbonyl (C=O) groups is 1. The largest absolute Gasteiger partial charge is 0.346 e. The molecule has 4 nitrogen and oxygen atoms in total. The van der Waals surface area contributed by atoms with E-state index >= 15 is 0 Å². The lowest BCUT2D eigenvalue weighted by Gasteiger charge is -2.56. The molecule has 0 saturated heterocycles. The second kappa shape index (κ2) is 9.26. The van der Waals surface area contributed by atoms with Gasteiger partial charge in [-0.05, 0) is 112 Å². The molecule has 1 amide bonds. The van der Waals surface area contributed by atoms with E-state index < -0.39 is 0 Å². The number of fused-ring (bicyclic) bond motifs is 1. The molecule has 1 heterocycles. The number of rotatable bonds is 7. The molecular weight excluding hydrogens is 432 g/mol. The zero-order valence-electron chi connectivity index (χ0n) is 21.3. The van der Waals surface area contributed by atoms with Crippen LogP contribution in [-0.4, -0.2) is 16.0 Å². The third kappa shape index (κ3) is 4.38. The summed E-state index contributed by atoms with van der Waals surface area (Å²) in [6, 6.07) is 6.34. The van der Waals surface area contributed by atoms with Gasteiger partial charge in [0.2, 0.25) is 5.43 Å². The Labute approximate surface area is 209 Å². The third-order valence-electron chi connectivity index (χ3n) is 9.41. The number of carbonyl (C=O) groups excluding carboxylic acids is 1. The van der Waals surface area contributed by atoms with Gasteiger partial charge in [-0.2, -0.15) is 0 Å². The lowest BCUT2D eigenvalue weighted by molar-refractivity contribution is -0.0167. The van der Waals surface area contributed by atoms with Crippen LogP contribution in [0.3, 0.4) is 0 Å². The molecule has 5 aliphatic carbocycles. The number of amides is 1. The minimum Gasteiger partial charge on any atom is -0.346 e. The van der Waals surface area contributed by atoms with E-state index in [2.05, 4.69) is 41.1 Å². The first-order chi connectivity index (χ1) is 17.0. The monoisotopic (exact) mass is 472 g/mol. The van der Waals surface area contributed by atoms with Crippen LogP contribution in [0.4, 0.5) is 0 Å². The highest BCUT2D eigenvalue weighted by Crippen LogP contribution is 2.55. The molecule has 0 aliphatic heterocycles. The van der Waals surface area contributed by atoms with Gasteiger partial charge in [-0.25, -0.2) is 0 Å². The normalized spacial score (nSPS) is 29.4. The van der Waals surface area contributed by atoms with Gasteiger partial charge >= 0.3 is 0 Å². The summed E-state index contributed by atoms with van der Waals surface area (Å²) in [6.45, 7) is 3.04. The summed E-state index contributed by atoms with van der Waals surface area (Å²) in [4.78, 5) is 27.5. The van der Waals surface area contributed by atoms with E-state index in [9.17, 15) is 9.59 Å². The Morgan fingerprint density at radius 3 is 2.46 bits per heavy atom. The van der Waals surface area contributed by atoms with Gasteiger partial charge in [-0.1, -0.05) is 31.9 Å². The molecule has 5 aliphatic rings. The van der Waals surface area contributed by atoms with Crippen molar-refractivity contribution in [3.63, 3.8) is 0 Å². The maximum atomic E-state index is 13.8. The number of pyridine rings is 1. The van der Waals surface area contributed by atoms with Crippen molar-refractivity contribution in [2.24, 2.45) is 17.8 Å². The molecule has 7 rings (SSSR count). The van der Waals surface area contributed by atoms with Gasteiger partial charge in [0.15, 0.2) is 0 Å². The standard InChI is InChI=1S/C31H40N2O2/c1-2-3-7-12-33-20-27(30(35)32-31-17-21-13-22(18-31)15-23(14-21)19-31)29(34)26-16-25(10-11-28(26)33)24-8-5-4-6-9-24/h8,10-11,16,20-23H,2-7,9,12-15,17-19H2,1H3,(H,32,35). The molecule has 0 radical (unpaired) electrons. The first-order valence-corrected chi connectivity index (χ1v) is 14.2. The van der Waals surface area contributed by atoms with Gasteiger partial charge in [0.05, 0.1) is 5.52 Å². The predicted molar refractivity (Wildman–Crippen MR) is 143 cm³/mol. The highest BCUT2D eigenvalue weighted by molar-refractivity contribution is 5.98. The third-order valence-corrected chi connectivity index (χ3v) is 9.41. The summed E-state index contributed by atoms with van der Waals surface area (Å²) in [5.74, 6) is 2.13. The van der Waals surface area contributed by atoms with Crippen molar-refractivity contribution in [3.8, 4) is 0 Å². The molecule has 35 heavy (non-hydrogen) atoms. The fraction of sp³-hybridized carbons (Fsp3) is 0.613. The summed E-state index contributed by atoms with van der Waals surface area (Å²) in [5.41, 5.74) is 3.59. The lowest BCUT2D eigenvalue weighted by Crippen LogP contribution is -2.60. The highest BCUT2D eigenvalue weighted by atomic mass is 16.2. The van der Waals surface area contributed by atoms with Gasteiger partial charge in [0, 0.05) is 23.7 Å². The van der Waals surface area contributed by atoms with E-state index in [0.717, 1.165) is 86.7 Å². The fourth-order valence-electron chi connectivity index (χ4n) is 8.15. The molecule has 1 aromatic heterocycles. The lowest BCUT2D eigenvalue weighted by atomic mass is 9.53. The second-order valence-electron chi connectivity index (χ2n) is 12.1. The number of hydrogen-bond acceptors (Lipinski definition) is 2. The van der Waals surface area contributed by atoms with E-state index in [1.54, 1.807) is 0 Å². The van der Waals surface area contributed by atoms with E-state index in [0.29, 0.717) is 10.9 Å². The van der Waals surface area contributed by atoms with Crippen molar-refractivity contribution in [3.05, 3.63) is 51.8 Å². The molecule has 1 aromatic carbocycles. The number of aryl methyl sites for hydroxylation is 1. The second-order valence-corrected chi connectivity index (χ2v) is 12.1. The fourth-order valence-corrected chi connectivity index (χ4v) is 8.15. The van der Waals surface area contributed by atoms with Crippen LogP contribution in [-0.2, 0) is 6.54 Å². The number of allylic oxidation sites excluding steroid dienone is 2. The van der Waals surface area contributed by atoms with Crippen molar-refractivity contribution in [2.75, 3.05) is 0 Å². The van der Waals surface area contributed by atoms with Crippen LogP contribution >= 0.6 is 0 Å². The van der Waals surface area contributed by atoms with E-state index in [-0.39, 0.29) is 16.9 Å². The number of hydrogen-bond donors (Lipinski definition) is 1. The molecule has 0 spiro atoms. The quantitative estimate of drug-likeness (QED) is 0.448. The van der Waals surface area contributed by atoms with Gasteiger partial charge in [-0.3, -0.25) is 9.59 Å². The average molecular weight is 473 g/mol. The summed E-state index contributed by atoms with van der Waals surface area (Å²) in [6.07, 6.45) is 19.5. The molecule has 4 bridgehead atoms. The molecule has 4 heteroatoms. The zero-order valence-corrected chi connectivity index (χ0v) is 21.3. The Hall–Kier alpha value is -2.36. The summed E-state index contributed by atoms with van der Waals surface area (Å²) >= 11 is 0. The molecule has 2 aromatic rings. The van der Waals surface area contributed by atoms with Crippen molar-refractivity contribution < 1.29 is 4.79 Å². The van der Waals surface area contributed by atoms with Crippen LogP contribution < -0.4 is 10.7 Å². The Bertz CT molecular complexity index is 1190. The minimum atomic E-state index is -0.148. The van der Waals surface area contributed by atoms with Crippen LogP contribution in [0.15, 0.2) is 35.3 Å². The predicted octanol–water partition coefficient (Wildman–Crippen LogP) is 6.85. The molecular formula is C31H40N2O2. The molecule has 0 atom stereocenters. The van der Waals surface area contributed by atoms with Gasteiger partial charge in [0.1, 0.15) is 5.56 Å². The first kappa shape index (κ1) is 23.1. The number of nitrogens with one attached hydrogen (secondary N) is 1. The maximum absolute atomic E-state index is 13.8. The van der Waals surface area contributed by atoms with Gasteiger partial charge in [0.25, 0.3) is 5.91 Å². The molecule has 4 saturated carbocycles. The van der Waals surface area contributed by atoms with Crippen molar-refractivity contribution in [1.29, 1.82) is 0 Å². The molecule has 1 N–H and O–H groups in total. The Morgan fingerprint density at radius 1 is 1.06 bits per heavy atom. The number of unbranched alkanes of at least 4 members (excludes halogenated alkanes) is 2. The first-order valence-electron chi connectivity index (χ1n) is 14.2. The summed E-state index contributed by atoms with van der Waals surface area (Å²) in [7, 11) is 0. The summed E-state index contributed by atoms with van der Waals surface area (Å²) < 4.78 is 2.17. The Kier molecular flexibility index (Phi) is 6.10. The number of aromatic nitrogens is 1. The number of benzene rings is 1. The Morgan fingerprint density at radius 2 is 1.80 bits per heavy atom. The smallest absolute Gasteiger partial charge is 0.257 e. The highest BCUT2D eigenvalue weighted by Gasteiger charge is 2.51. The molecule has 0 unspecified atom stereocenters. The van der Waals surface area contributed by atoms with Gasteiger partial charge < -0.3 is 9.88 Å². The summed E-state index contributed by atoms with van der Waals surface area (Å²) in [5, 5.41) is 4.15. The van der Waals surface area contributed by atoms with E-state index in [1.165, 1.54) is 37.7 Å². The topological polar surface area (TPSA) is 51.1 Å². The van der Waals surface area contributed by atoms with Crippen LogP contribution in [0.1, 0.15) is 106 Å². The van der Waals surface area contributed by atoms with Crippen LogP contribution in [0.2, 0.25) is 0 Å². The van der Waals surface area contributed by atoms with Crippen LogP contribution in [0, 0.1) is 17.8 Å². The van der Waals surface area contributed by atoms with E-state index in [4.69, 9.17) is 0 Å². The minimum absolute atomic E-state index is 0.0883. The zero-order chi connectivity index (χ0) is 24.0. The number of nitrogens with zero attached hydrogens (tertiary/aromatic N) is 1. The van der Waals surface area contributed by atoms with Gasteiger partial charge in [-0.15, -0.1) is 0 Å². The van der Waals surface area contributed by atoms with E-state index in [1.807, 2.05) is 6.20 Å². The Balaban J connectivity index is 1.37. The SMILES string of the molecule is CCCCCn1cc(C(=O)NC23CC4CC(CC(C4)C2)C3)c(=O)c2cc(C3=CCCCC3)ccc21. The molecule has 186 valence electrons. The maximum Gasteiger partial charge on any atom is 0.257 e. The average Bonchev–Trinajstić information content (AvgIpc) is 2.84. The molecule has 4 fully saturated rings. The van der Waals surface area contributed by atoms with Crippen molar-refractivity contribution in [2.45, 2.75) is 102 Å².